The predicted octanol–water partition coefficient (Wildman–Crippen LogP) is 5.07. The highest BCUT2D eigenvalue weighted by Crippen LogP contribution is 2.42. The van der Waals surface area contributed by atoms with Gasteiger partial charge in [-0.15, -0.1) is 0 Å². The van der Waals surface area contributed by atoms with Crippen LogP contribution in [0.15, 0.2) is 16.6 Å². The first-order valence-electron chi connectivity index (χ1n) is 6.30. The molecule has 0 atom stereocenters. The molecule has 1 aromatic heterocycles. The summed E-state index contributed by atoms with van der Waals surface area (Å²) >= 11 is 15.8. The van der Waals surface area contributed by atoms with Crippen LogP contribution in [-0.4, -0.2) is 16.8 Å². The fourth-order valence-corrected chi connectivity index (χ4v) is 3.12. The quantitative estimate of drug-likeness (QED) is 0.673. The van der Waals surface area contributed by atoms with E-state index in [9.17, 15) is 0 Å². The summed E-state index contributed by atoms with van der Waals surface area (Å²) in [6.07, 6.45) is 0. The molecular weight excluding hydrogens is 379 g/mol. The van der Waals surface area contributed by atoms with Crippen molar-refractivity contribution in [2.24, 2.45) is 0 Å². The summed E-state index contributed by atoms with van der Waals surface area (Å²) in [5.74, 6) is 1.86. The van der Waals surface area contributed by atoms with Crippen LogP contribution >= 0.6 is 39.1 Å². The minimum absolute atomic E-state index is 0.164. The van der Waals surface area contributed by atoms with Gasteiger partial charge in [0.2, 0.25) is 6.79 Å². The zero-order chi connectivity index (χ0) is 15.1. The molecule has 0 unspecified atom stereocenters. The molecule has 2 heterocycles. The second kappa shape index (κ2) is 5.63. The number of ether oxygens (including phenoxy) is 2. The highest BCUT2D eigenvalue weighted by molar-refractivity contribution is 9.10. The van der Waals surface area contributed by atoms with Crippen LogP contribution in [0.1, 0.15) is 25.5 Å². The van der Waals surface area contributed by atoms with Gasteiger partial charge >= 0.3 is 0 Å². The van der Waals surface area contributed by atoms with Crippen molar-refractivity contribution in [1.29, 1.82) is 0 Å². The molecule has 0 radical (unpaired) electrons. The summed E-state index contributed by atoms with van der Waals surface area (Å²) in [4.78, 5) is 8.88. The van der Waals surface area contributed by atoms with Crippen molar-refractivity contribution < 1.29 is 9.47 Å². The predicted molar refractivity (Wildman–Crippen MR) is 85.4 cm³/mol. The summed E-state index contributed by atoms with van der Waals surface area (Å²) in [5, 5.41) is 0.839. The third kappa shape index (κ3) is 2.70. The maximum atomic E-state index is 6.20. The first kappa shape index (κ1) is 14.9. The van der Waals surface area contributed by atoms with Gasteiger partial charge in [0.25, 0.3) is 0 Å². The van der Waals surface area contributed by atoms with Gasteiger partial charge in [-0.2, -0.15) is 0 Å². The number of hydrogen-bond donors (Lipinski definition) is 0. The maximum Gasteiger partial charge on any atom is 0.231 e. The summed E-state index contributed by atoms with van der Waals surface area (Å²) in [7, 11) is 0. The SMILES string of the molecule is CC(C)c1nc(-c2cc(Cl)c3c(c2)OCO3)nc(Cl)c1Br. The Bertz CT molecular complexity index is 723. The fraction of sp³-hybridized carbons (Fsp3) is 0.286. The van der Waals surface area contributed by atoms with Crippen LogP contribution in [0.2, 0.25) is 10.2 Å². The van der Waals surface area contributed by atoms with Gasteiger partial charge < -0.3 is 9.47 Å². The molecule has 2 aromatic rings. The van der Waals surface area contributed by atoms with Crippen LogP contribution in [0.25, 0.3) is 11.4 Å². The van der Waals surface area contributed by atoms with Crippen molar-refractivity contribution in [3.63, 3.8) is 0 Å². The highest BCUT2D eigenvalue weighted by atomic mass is 79.9. The molecular formula is C14H11BrCl2N2O2. The Hall–Kier alpha value is -1.04. The lowest BCUT2D eigenvalue weighted by Gasteiger charge is -2.11. The number of rotatable bonds is 2. The zero-order valence-electron chi connectivity index (χ0n) is 11.3. The number of aromatic nitrogens is 2. The van der Waals surface area contributed by atoms with Gasteiger partial charge in [-0.25, -0.2) is 9.97 Å². The minimum atomic E-state index is 0.164. The molecule has 0 saturated heterocycles. The standard InChI is InChI=1S/C14H11BrCl2N2O2/c1-6(2)11-10(15)13(17)19-14(18-11)7-3-8(16)12-9(4-7)20-5-21-12/h3-4,6H,5H2,1-2H3. The number of fused-ring (bicyclic) bond motifs is 1. The molecule has 0 bridgehead atoms. The number of halogens is 3. The number of benzene rings is 1. The number of nitrogens with zero attached hydrogens (tertiary/aromatic N) is 2. The molecule has 4 nitrogen and oxygen atoms in total. The molecule has 1 aliphatic heterocycles. The molecule has 21 heavy (non-hydrogen) atoms. The fourth-order valence-electron chi connectivity index (χ4n) is 2.04. The molecule has 0 fully saturated rings. The smallest absolute Gasteiger partial charge is 0.231 e. The van der Waals surface area contributed by atoms with Crippen LogP contribution in [0, 0.1) is 0 Å². The molecule has 1 aromatic carbocycles. The van der Waals surface area contributed by atoms with E-state index in [2.05, 4.69) is 25.9 Å². The van der Waals surface area contributed by atoms with E-state index in [1.165, 1.54) is 0 Å². The van der Waals surface area contributed by atoms with Gasteiger partial charge in [-0.3, -0.25) is 0 Å². The Kier molecular flexibility index (Phi) is 3.99. The second-order valence-electron chi connectivity index (χ2n) is 4.88. The number of hydrogen-bond acceptors (Lipinski definition) is 4. The normalized spacial score (nSPS) is 13.0. The van der Waals surface area contributed by atoms with Crippen molar-refractivity contribution in [1.82, 2.24) is 9.97 Å². The Labute approximate surface area is 140 Å². The van der Waals surface area contributed by atoms with Crippen molar-refractivity contribution in [3.8, 4) is 22.9 Å². The first-order chi connectivity index (χ1) is 9.97. The molecule has 0 spiro atoms. The Morgan fingerprint density at radius 1 is 1.19 bits per heavy atom. The lowest BCUT2D eigenvalue weighted by molar-refractivity contribution is 0.174. The maximum absolute atomic E-state index is 6.20. The molecule has 0 saturated carbocycles. The van der Waals surface area contributed by atoms with E-state index in [1.54, 1.807) is 12.1 Å². The first-order valence-corrected chi connectivity index (χ1v) is 7.84. The average molecular weight is 390 g/mol. The van der Waals surface area contributed by atoms with Gasteiger partial charge in [0.15, 0.2) is 17.3 Å². The third-order valence-corrected chi connectivity index (χ3v) is 4.63. The summed E-state index contributed by atoms with van der Waals surface area (Å²) < 4.78 is 11.4. The molecule has 0 aliphatic carbocycles. The van der Waals surface area contributed by atoms with Gasteiger partial charge in [-0.1, -0.05) is 37.0 Å². The van der Waals surface area contributed by atoms with E-state index in [-0.39, 0.29) is 12.7 Å². The molecule has 0 amide bonds. The lowest BCUT2D eigenvalue weighted by atomic mass is 10.1. The molecule has 3 rings (SSSR count). The van der Waals surface area contributed by atoms with E-state index in [4.69, 9.17) is 32.7 Å². The largest absolute Gasteiger partial charge is 0.454 e. The Morgan fingerprint density at radius 3 is 2.67 bits per heavy atom. The molecule has 110 valence electrons. The van der Waals surface area contributed by atoms with Crippen LogP contribution in [0.3, 0.4) is 0 Å². The van der Waals surface area contributed by atoms with E-state index < -0.39 is 0 Å². The topological polar surface area (TPSA) is 44.2 Å². The minimum Gasteiger partial charge on any atom is -0.454 e. The van der Waals surface area contributed by atoms with E-state index in [0.29, 0.717) is 27.5 Å². The van der Waals surface area contributed by atoms with E-state index >= 15 is 0 Å². The van der Waals surface area contributed by atoms with E-state index in [1.807, 2.05) is 13.8 Å². The van der Waals surface area contributed by atoms with Crippen molar-refractivity contribution in [3.05, 3.63) is 32.5 Å². The van der Waals surface area contributed by atoms with Crippen LogP contribution in [-0.2, 0) is 0 Å². The molecule has 7 heteroatoms. The summed E-state index contributed by atoms with van der Waals surface area (Å²) in [6, 6.07) is 3.55. The van der Waals surface area contributed by atoms with Crippen LogP contribution in [0.4, 0.5) is 0 Å². The van der Waals surface area contributed by atoms with E-state index in [0.717, 1.165) is 15.7 Å². The lowest BCUT2D eigenvalue weighted by Crippen LogP contribution is -2.00. The highest BCUT2D eigenvalue weighted by Gasteiger charge is 2.21. The summed E-state index contributed by atoms with van der Waals surface area (Å²) in [5.41, 5.74) is 1.58. The van der Waals surface area contributed by atoms with Crippen LogP contribution < -0.4 is 9.47 Å². The van der Waals surface area contributed by atoms with Crippen molar-refractivity contribution in [2.75, 3.05) is 6.79 Å². The average Bonchev–Trinajstić information content (AvgIpc) is 2.90. The Balaban J connectivity index is 2.15. The van der Waals surface area contributed by atoms with Gasteiger partial charge in [-0.05, 0) is 34.0 Å². The van der Waals surface area contributed by atoms with Crippen molar-refractivity contribution in [2.45, 2.75) is 19.8 Å². The summed E-state index contributed by atoms with van der Waals surface area (Å²) in [6.45, 7) is 4.25. The van der Waals surface area contributed by atoms with Gasteiger partial charge in [0.05, 0.1) is 15.2 Å². The van der Waals surface area contributed by atoms with Crippen LogP contribution in [0.5, 0.6) is 11.5 Å². The zero-order valence-corrected chi connectivity index (χ0v) is 14.4. The van der Waals surface area contributed by atoms with Gasteiger partial charge in [0, 0.05) is 5.56 Å². The van der Waals surface area contributed by atoms with Crippen molar-refractivity contribution >= 4 is 39.1 Å². The molecule has 1 aliphatic rings. The second-order valence-corrected chi connectivity index (χ2v) is 6.44. The monoisotopic (exact) mass is 388 g/mol. The Morgan fingerprint density at radius 2 is 1.95 bits per heavy atom. The third-order valence-electron chi connectivity index (χ3n) is 3.07. The molecule has 0 N–H and O–H groups in total. The van der Waals surface area contributed by atoms with Gasteiger partial charge in [0.1, 0.15) is 5.15 Å².